The molecule has 0 amide bonds. The minimum absolute atomic E-state index is 0.0540. The minimum atomic E-state index is -4.41. The summed E-state index contributed by atoms with van der Waals surface area (Å²) in [5, 5.41) is 21.5. The van der Waals surface area contributed by atoms with Gasteiger partial charge in [0.1, 0.15) is 18.2 Å². The zero-order valence-corrected chi connectivity index (χ0v) is 21.8. The molecule has 2 bridgehead atoms. The van der Waals surface area contributed by atoms with E-state index in [0.29, 0.717) is 11.9 Å². The van der Waals surface area contributed by atoms with Crippen molar-refractivity contribution in [1.82, 2.24) is 35.1 Å². The first-order valence-corrected chi connectivity index (χ1v) is 13.5. The van der Waals surface area contributed by atoms with E-state index < -0.39 is 11.7 Å². The summed E-state index contributed by atoms with van der Waals surface area (Å²) in [6, 6.07) is 5.22. The van der Waals surface area contributed by atoms with Gasteiger partial charge in [-0.25, -0.2) is 4.68 Å². The molecule has 38 heavy (non-hydrogen) atoms. The highest BCUT2D eigenvalue weighted by atomic mass is 19.4. The number of rotatable bonds is 7. The van der Waals surface area contributed by atoms with E-state index in [1.165, 1.54) is 37.8 Å². The molecule has 11 heteroatoms. The van der Waals surface area contributed by atoms with Crippen LogP contribution in [0, 0.1) is 0 Å². The van der Waals surface area contributed by atoms with Crippen molar-refractivity contribution < 1.29 is 17.9 Å². The summed E-state index contributed by atoms with van der Waals surface area (Å²) in [5.41, 5.74) is 0.897. The predicted octanol–water partition coefficient (Wildman–Crippen LogP) is 5.08. The third kappa shape index (κ3) is 4.48. The summed E-state index contributed by atoms with van der Waals surface area (Å²) in [5.74, 6) is 1.91. The van der Waals surface area contributed by atoms with Gasteiger partial charge in [0.15, 0.2) is 5.82 Å². The number of benzene rings is 1. The van der Waals surface area contributed by atoms with E-state index in [4.69, 9.17) is 4.74 Å². The fraction of sp³-hybridized carbons (Fsp3) is 0.630. The number of alkyl halides is 3. The van der Waals surface area contributed by atoms with E-state index in [-0.39, 0.29) is 29.2 Å². The Bertz CT molecular complexity index is 1280. The van der Waals surface area contributed by atoms with Crippen molar-refractivity contribution in [2.75, 3.05) is 7.05 Å². The molecule has 0 unspecified atom stereocenters. The zero-order chi connectivity index (χ0) is 26.5. The van der Waals surface area contributed by atoms with Crippen LogP contribution in [-0.4, -0.2) is 42.3 Å². The molecule has 0 saturated heterocycles. The Labute approximate surface area is 220 Å². The largest absolute Gasteiger partial charge is 0.486 e. The van der Waals surface area contributed by atoms with Gasteiger partial charge in [0.2, 0.25) is 0 Å². The molecule has 2 heterocycles. The second-order valence-corrected chi connectivity index (χ2v) is 11.4. The lowest BCUT2D eigenvalue weighted by atomic mass is 9.81. The van der Waals surface area contributed by atoms with Crippen LogP contribution in [0.3, 0.4) is 0 Å². The zero-order valence-electron chi connectivity index (χ0n) is 21.8. The van der Waals surface area contributed by atoms with Crippen molar-refractivity contribution in [1.29, 1.82) is 0 Å². The maximum Gasteiger partial charge on any atom is 0.416 e. The minimum Gasteiger partial charge on any atom is -0.486 e. The van der Waals surface area contributed by atoms with Gasteiger partial charge >= 0.3 is 6.18 Å². The highest BCUT2D eigenvalue weighted by molar-refractivity contribution is 5.30. The third-order valence-corrected chi connectivity index (χ3v) is 9.39. The average molecular weight is 530 g/mol. The molecule has 3 aliphatic carbocycles. The molecular formula is C27H34F3N7O. The maximum atomic E-state index is 13.0. The number of hydrogen-bond donors (Lipinski definition) is 1. The molecule has 2 aromatic heterocycles. The molecule has 1 aromatic carbocycles. The maximum absolute atomic E-state index is 13.0. The van der Waals surface area contributed by atoms with Crippen LogP contribution >= 0.6 is 0 Å². The first-order valence-electron chi connectivity index (χ1n) is 13.5. The molecule has 8 nitrogen and oxygen atoms in total. The van der Waals surface area contributed by atoms with Crippen LogP contribution in [0.1, 0.15) is 92.7 Å². The second kappa shape index (κ2) is 9.36. The van der Waals surface area contributed by atoms with E-state index >= 15 is 0 Å². The number of aromatic nitrogens is 6. The van der Waals surface area contributed by atoms with Gasteiger partial charge in [0.05, 0.1) is 17.3 Å². The summed E-state index contributed by atoms with van der Waals surface area (Å²) in [4.78, 5) is 0. The van der Waals surface area contributed by atoms with Crippen molar-refractivity contribution in [2.24, 2.45) is 7.05 Å². The average Bonchev–Trinajstić information content (AvgIpc) is 3.71. The summed E-state index contributed by atoms with van der Waals surface area (Å²) in [7, 11) is 3.98. The number of hydrogen-bond acceptors (Lipinski definition) is 6. The fourth-order valence-corrected chi connectivity index (χ4v) is 6.96. The molecule has 204 valence electrons. The molecular weight excluding hydrogens is 495 g/mol. The van der Waals surface area contributed by atoms with Gasteiger partial charge in [-0.1, -0.05) is 11.3 Å². The molecule has 1 N–H and O–H groups in total. The highest BCUT2D eigenvalue weighted by Gasteiger charge is 2.55. The lowest BCUT2D eigenvalue weighted by molar-refractivity contribution is -0.137. The van der Waals surface area contributed by atoms with Gasteiger partial charge in [0, 0.05) is 30.1 Å². The summed E-state index contributed by atoms with van der Waals surface area (Å²) in [6.45, 7) is 0.0540. The standard InChI is InChI=1S/C27H34F3N7O/c1-31-26-12-10-25(17-26,11-13-26)22-15-37(35-32-22)20-8-6-18(7-9-20)24-34-33-23(36(24)2)16-38-21-5-3-4-19(14-21)27(28,29)30/h3-5,14-15,18,20,31H,6-13,16-17H2,1-2H3/t18-,20-,25?,26?. The Hall–Kier alpha value is -2.95. The third-order valence-electron chi connectivity index (χ3n) is 9.39. The lowest BCUT2D eigenvalue weighted by Gasteiger charge is -2.28. The van der Waals surface area contributed by atoms with Crippen LogP contribution in [0.25, 0.3) is 0 Å². The molecule has 3 aromatic rings. The van der Waals surface area contributed by atoms with Gasteiger partial charge in [-0.3, -0.25) is 0 Å². The quantitative estimate of drug-likeness (QED) is 0.460. The molecule has 3 saturated carbocycles. The highest BCUT2D eigenvalue weighted by Crippen LogP contribution is 2.57. The number of fused-ring (bicyclic) bond motifs is 2. The normalized spacial score (nSPS) is 29.2. The van der Waals surface area contributed by atoms with Crippen LogP contribution in [0.5, 0.6) is 5.75 Å². The van der Waals surface area contributed by atoms with Crippen LogP contribution < -0.4 is 10.1 Å². The number of nitrogens with zero attached hydrogens (tertiary/aromatic N) is 6. The predicted molar refractivity (Wildman–Crippen MR) is 134 cm³/mol. The van der Waals surface area contributed by atoms with E-state index in [1.807, 2.05) is 11.6 Å². The molecule has 3 aliphatic rings. The van der Waals surface area contributed by atoms with E-state index in [2.05, 4.69) is 43.8 Å². The molecule has 0 aliphatic heterocycles. The molecule has 0 atom stereocenters. The Morgan fingerprint density at radius 3 is 2.50 bits per heavy atom. The molecule has 0 radical (unpaired) electrons. The number of ether oxygens (including phenoxy) is 1. The number of nitrogens with one attached hydrogen (secondary N) is 1. The Balaban J connectivity index is 1.06. The van der Waals surface area contributed by atoms with E-state index in [1.54, 1.807) is 0 Å². The van der Waals surface area contributed by atoms with Gasteiger partial charge in [-0.05, 0) is 83.0 Å². The SMILES string of the molecule is CNC12CCC(c3cn([C@H]4CC[C@H](c5nnc(COc6cccc(C(F)(F)F)c6)n5C)CC4)nn3)(CC1)C2. The first kappa shape index (κ1) is 25.3. The monoisotopic (exact) mass is 529 g/mol. The topological polar surface area (TPSA) is 82.7 Å². The molecule has 0 spiro atoms. The van der Waals surface area contributed by atoms with Crippen LogP contribution in [0.4, 0.5) is 13.2 Å². The van der Waals surface area contributed by atoms with Gasteiger partial charge in [-0.15, -0.1) is 15.3 Å². The van der Waals surface area contributed by atoms with Crippen LogP contribution in [-0.2, 0) is 25.2 Å². The van der Waals surface area contributed by atoms with Gasteiger partial charge < -0.3 is 14.6 Å². The Kier molecular flexibility index (Phi) is 6.24. The van der Waals surface area contributed by atoms with Crippen LogP contribution in [0.2, 0.25) is 0 Å². The Morgan fingerprint density at radius 1 is 1.05 bits per heavy atom. The smallest absolute Gasteiger partial charge is 0.416 e. The number of halogens is 3. The lowest BCUT2D eigenvalue weighted by Crippen LogP contribution is -2.37. The van der Waals surface area contributed by atoms with E-state index in [9.17, 15) is 13.2 Å². The summed E-state index contributed by atoms with van der Waals surface area (Å²) in [6.07, 6.45) is 7.67. The summed E-state index contributed by atoms with van der Waals surface area (Å²) >= 11 is 0. The summed E-state index contributed by atoms with van der Waals surface area (Å²) < 4.78 is 48.6. The van der Waals surface area contributed by atoms with E-state index in [0.717, 1.165) is 55.8 Å². The second-order valence-electron chi connectivity index (χ2n) is 11.4. The van der Waals surface area contributed by atoms with Crippen molar-refractivity contribution in [3.05, 3.63) is 53.4 Å². The van der Waals surface area contributed by atoms with Crippen molar-refractivity contribution in [2.45, 2.75) is 93.5 Å². The van der Waals surface area contributed by atoms with Gasteiger partial charge in [-0.2, -0.15) is 13.2 Å². The van der Waals surface area contributed by atoms with Crippen LogP contribution in [0.15, 0.2) is 30.5 Å². The molecule has 3 fully saturated rings. The fourth-order valence-electron chi connectivity index (χ4n) is 6.96. The first-order chi connectivity index (χ1) is 18.2. The van der Waals surface area contributed by atoms with Crippen molar-refractivity contribution in [3.8, 4) is 5.75 Å². The Morgan fingerprint density at radius 2 is 1.82 bits per heavy atom. The van der Waals surface area contributed by atoms with Crippen molar-refractivity contribution in [3.63, 3.8) is 0 Å². The van der Waals surface area contributed by atoms with Crippen molar-refractivity contribution >= 4 is 0 Å². The van der Waals surface area contributed by atoms with Gasteiger partial charge in [0.25, 0.3) is 0 Å². The molecule has 6 rings (SSSR count).